The second-order valence-corrected chi connectivity index (χ2v) is 6.29. The van der Waals surface area contributed by atoms with Gasteiger partial charge in [-0.15, -0.1) is 5.10 Å². The molecule has 2 aromatic carbocycles. The molecule has 3 rings (SSSR count). The lowest BCUT2D eigenvalue weighted by atomic mass is 10.2. The van der Waals surface area contributed by atoms with E-state index in [-0.39, 0.29) is 24.7 Å². The van der Waals surface area contributed by atoms with Crippen LogP contribution >= 0.6 is 11.6 Å². The van der Waals surface area contributed by atoms with E-state index >= 15 is 0 Å². The van der Waals surface area contributed by atoms with Crippen molar-refractivity contribution in [3.63, 3.8) is 0 Å². The third-order valence-corrected chi connectivity index (χ3v) is 4.32. The van der Waals surface area contributed by atoms with E-state index in [4.69, 9.17) is 16.3 Å². The molecule has 1 N–H and O–H groups in total. The molecular weight excluding hydrogens is 368 g/mol. The molecule has 0 radical (unpaired) electrons. The average Bonchev–Trinajstić information content (AvgIpc) is 2.97. The van der Waals surface area contributed by atoms with E-state index in [9.17, 15) is 9.59 Å². The van der Waals surface area contributed by atoms with Crippen LogP contribution < -0.4 is 15.7 Å². The van der Waals surface area contributed by atoms with Crippen LogP contribution in [-0.2, 0) is 13.6 Å². The molecule has 0 spiro atoms. The van der Waals surface area contributed by atoms with E-state index in [0.29, 0.717) is 22.2 Å². The number of nitrogens with zero attached hydrogens (tertiary/aromatic N) is 3. The van der Waals surface area contributed by atoms with Crippen LogP contribution in [0.15, 0.2) is 53.3 Å². The van der Waals surface area contributed by atoms with Crippen molar-refractivity contribution >= 4 is 17.5 Å². The number of ether oxygens (including phenoxy) is 1. The maximum absolute atomic E-state index is 12.4. The third kappa shape index (κ3) is 4.03. The number of rotatable bonds is 6. The molecule has 0 saturated carbocycles. The number of nitrogens with one attached hydrogen (secondary N) is 1. The summed E-state index contributed by atoms with van der Waals surface area (Å²) in [6, 6.07) is 14.3. The minimum Gasteiger partial charge on any atom is -0.496 e. The van der Waals surface area contributed by atoms with Crippen LogP contribution in [0.4, 0.5) is 0 Å². The van der Waals surface area contributed by atoms with Crippen molar-refractivity contribution in [2.45, 2.75) is 6.54 Å². The van der Waals surface area contributed by atoms with E-state index in [0.717, 1.165) is 5.56 Å². The van der Waals surface area contributed by atoms with Crippen LogP contribution in [0.3, 0.4) is 0 Å². The van der Waals surface area contributed by atoms with Gasteiger partial charge < -0.3 is 10.1 Å². The van der Waals surface area contributed by atoms with Crippen molar-refractivity contribution in [3.8, 4) is 17.1 Å². The predicted molar refractivity (Wildman–Crippen MR) is 103 cm³/mol. The summed E-state index contributed by atoms with van der Waals surface area (Å²) in [6.45, 7) is 0.480. The summed E-state index contributed by atoms with van der Waals surface area (Å²) < 4.78 is 8.00. The summed E-state index contributed by atoms with van der Waals surface area (Å²) in [5.74, 6) is 0.670. The van der Waals surface area contributed by atoms with Crippen LogP contribution in [0.5, 0.6) is 5.75 Å². The maximum Gasteiger partial charge on any atom is 0.345 e. The molecule has 7 nitrogen and oxygen atoms in total. The maximum atomic E-state index is 12.4. The fraction of sp³-hybridized carbons (Fsp3) is 0.211. The zero-order valence-corrected chi connectivity index (χ0v) is 15.7. The number of hydrogen-bond donors (Lipinski definition) is 1. The molecule has 1 aromatic heterocycles. The van der Waals surface area contributed by atoms with Crippen LogP contribution in [-0.4, -0.2) is 33.9 Å². The summed E-state index contributed by atoms with van der Waals surface area (Å²) in [6.07, 6.45) is 0. The molecule has 0 aliphatic carbocycles. The molecule has 8 heteroatoms. The quantitative estimate of drug-likeness (QED) is 0.705. The van der Waals surface area contributed by atoms with Gasteiger partial charge in [0.15, 0.2) is 5.82 Å². The lowest BCUT2D eigenvalue weighted by molar-refractivity contribution is 0.0948. The van der Waals surface area contributed by atoms with E-state index in [2.05, 4.69) is 10.4 Å². The summed E-state index contributed by atoms with van der Waals surface area (Å²) in [5, 5.41) is 7.56. The van der Waals surface area contributed by atoms with Crippen LogP contribution in [0.25, 0.3) is 11.4 Å². The first kappa shape index (κ1) is 18.7. The molecule has 1 amide bonds. The molecule has 0 fully saturated rings. The lowest BCUT2D eigenvalue weighted by Crippen LogP contribution is -2.32. The fourth-order valence-electron chi connectivity index (χ4n) is 2.70. The summed E-state index contributed by atoms with van der Waals surface area (Å²) in [4.78, 5) is 24.7. The van der Waals surface area contributed by atoms with Gasteiger partial charge in [0, 0.05) is 24.2 Å². The number of aromatic nitrogens is 3. The number of carbonyl (C=O) groups excluding carboxylic acids is 1. The van der Waals surface area contributed by atoms with Gasteiger partial charge in [-0.1, -0.05) is 41.9 Å². The van der Waals surface area contributed by atoms with Gasteiger partial charge in [-0.2, -0.15) is 0 Å². The van der Waals surface area contributed by atoms with Crippen LogP contribution in [0.2, 0.25) is 5.02 Å². The Morgan fingerprint density at radius 3 is 2.67 bits per heavy atom. The molecule has 140 valence electrons. The first-order valence-corrected chi connectivity index (χ1v) is 8.70. The van der Waals surface area contributed by atoms with Crippen LogP contribution in [0, 0.1) is 0 Å². The normalized spacial score (nSPS) is 10.6. The first-order chi connectivity index (χ1) is 13.0. The second kappa shape index (κ2) is 8.09. The Hall–Kier alpha value is -3.06. The molecular formula is C19H19ClN4O3. The molecule has 0 bridgehead atoms. The van der Waals surface area contributed by atoms with Gasteiger partial charge in [0.1, 0.15) is 5.75 Å². The van der Waals surface area contributed by atoms with Crippen molar-refractivity contribution in [2.24, 2.45) is 7.05 Å². The SMILES string of the molecule is COc1ccc(Cl)cc1C(=O)NCCn1nc(-c2ccccc2)n(C)c1=O. The highest BCUT2D eigenvalue weighted by Gasteiger charge is 2.14. The van der Waals surface area contributed by atoms with Crippen molar-refractivity contribution in [2.75, 3.05) is 13.7 Å². The molecule has 0 unspecified atom stereocenters. The van der Waals surface area contributed by atoms with Crippen LogP contribution in [0.1, 0.15) is 10.4 Å². The zero-order chi connectivity index (χ0) is 19.4. The predicted octanol–water partition coefficient (Wildman–Crippen LogP) is 2.34. The lowest BCUT2D eigenvalue weighted by Gasteiger charge is -2.09. The number of amides is 1. The smallest absolute Gasteiger partial charge is 0.345 e. The Bertz CT molecular complexity index is 1010. The van der Waals surface area contributed by atoms with Crippen molar-refractivity contribution in [1.29, 1.82) is 0 Å². The molecule has 1 heterocycles. The van der Waals surface area contributed by atoms with E-state index in [1.807, 2.05) is 30.3 Å². The minimum absolute atomic E-state index is 0.236. The third-order valence-electron chi connectivity index (χ3n) is 4.09. The van der Waals surface area contributed by atoms with E-state index < -0.39 is 0 Å². The Labute approximate surface area is 161 Å². The standard InChI is InChI=1S/C19H19ClN4O3/c1-23-17(13-6-4-3-5-7-13)22-24(19(23)26)11-10-21-18(25)15-12-14(20)8-9-16(15)27-2/h3-9,12H,10-11H2,1-2H3,(H,21,25). The topological polar surface area (TPSA) is 78.2 Å². The molecule has 0 aliphatic rings. The number of benzene rings is 2. The van der Waals surface area contributed by atoms with Crippen molar-refractivity contribution in [3.05, 3.63) is 69.6 Å². The Morgan fingerprint density at radius 1 is 1.22 bits per heavy atom. The first-order valence-electron chi connectivity index (χ1n) is 8.32. The molecule has 27 heavy (non-hydrogen) atoms. The van der Waals surface area contributed by atoms with Gasteiger partial charge in [-0.05, 0) is 18.2 Å². The van der Waals surface area contributed by atoms with E-state index in [1.165, 1.54) is 22.4 Å². The Kier molecular flexibility index (Phi) is 5.61. The Morgan fingerprint density at radius 2 is 1.96 bits per heavy atom. The number of halogens is 1. The minimum atomic E-state index is -0.332. The molecule has 0 atom stereocenters. The van der Waals surface area contributed by atoms with Crippen molar-refractivity contribution < 1.29 is 9.53 Å². The Balaban J connectivity index is 1.70. The summed E-state index contributed by atoms with van der Waals surface area (Å²) >= 11 is 5.95. The summed E-state index contributed by atoms with van der Waals surface area (Å²) in [5.41, 5.74) is 0.940. The van der Waals surface area contributed by atoms with Gasteiger partial charge in [-0.25, -0.2) is 9.48 Å². The number of methoxy groups -OCH3 is 1. The highest BCUT2D eigenvalue weighted by Crippen LogP contribution is 2.22. The van der Waals surface area contributed by atoms with Crippen molar-refractivity contribution in [1.82, 2.24) is 19.7 Å². The molecule has 0 aliphatic heterocycles. The molecule has 3 aromatic rings. The summed E-state index contributed by atoms with van der Waals surface area (Å²) in [7, 11) is 3.15. The highest BCUT2D eigenvalue weighted by molar-refractivity contribution is 6.31. The number of hydrogen-bond acceptors (Lipinski definition) is 4. The van der Waals surface area contributed by atoms with Gasteiger partial charge in [0.2, 0.25) is 0 Å². The molecule has 0 saturated heterocycles. The van der Waals surface area contributed by atoms with Gasteiger partial charge in [0.05, 0.1) is 19.2 Å². The monoisotopic (exact) mass is 386 g/mol. The van der Waals surface area contributed by atoms with Gasteiger partial charge >= 0.3 is 5.69 Å². The van der Waals surface area contributed by atoms with Gasteiger partial charge in [-0.3, -0.25) is 9.36 Å². The van der Waals surface area contributed by atoms with Gasteiger partial charge in [0.25, 0.3) is 5.91 Å². The second-order valence-electron chi connectivity index (χ2n) is 5.85. The number of carbonyl (C=O) groups is 1. The average molecular weight is 387 g/mol. The van der Waals surface area contributed by atoms with E-state index in [1.54, 1.807) is 19.2 Å². The zero-order valence-electron chi connectivity index (χ0n) is 15.0. The largest absolute Gasteiger partial charge is 0.496 e. The fourth-order valence-corrected chi connectivity index (χ4v) is 2.87. The highest BCUT2D eigenvalue weighted by atomic mass is 35.5.